The van der Waals surface area contributed by atoms with Crippen molar-refractivity contribution in [3.63, 3.8) is 0 Å². The smallest absolute Gasteiger partial charge is 0.296 e. The minimum absolute atomic E-state index is 0. The Bertz CT molecular complexity index is 2830. The van der Waals surface area contributed by atoms with Crippen LogP contribution in [0.25, 0.3) is 0 Å². The van der Waals surface area contributed by atoms with Crippen molar-refractivity contribution >= 4 is 137 Å². The first-order valence-electron chi connectivity index (χ1n) is 17.0. The second-order valence-electron chi connectivity index (χ2n) is 13.4. The number of nitrogens with two attached hydrogens (primary N) is 2. The van der Waals surface area contributed by atoms with E-state index in [9.17, 15) is 45.1 Å². The fourth-order valence-electron chi connectivity index (χ4n) is 7.17. The van der Waals surface area contributed by atoms with Gasteiger partial charge in [0.2, 0.25) is 0 Å². The van der Waals surface area contributed by atoms with Gasteiger partial charge in [0, 0.05) is 92.7 Å². The van der Waals surface area contributed by atoms with Gasteiger partial charge in [0.15, 0.2) is 23.1 Å². The number of anilines is 6. The molecule has 8 rings (SSSR count). The summed E-state index contributed by atoms with van der Waals surface area (Å²) >= 11 is 0. The van der Waals surface area contributed by atoms with E-state index in [2.05, 4.69) is 10.6 Å². The van der Waals surface area contributed by atoms with Crippen LogP contribution < -0.4 is 22.1 Å². The van der Waals surface area contributed by atoms with E-state index < -0.39 is 64.5 Å². The van der Waals surface area contributed by atoms with Gasteiger partial charge in [-0.1, -0.05) is 72.8 Å². The average molecular weight is 847 g/mol. The summed E-state index contributed by atoms with van der Waals surface area (Å²) in [4.78, 5) is 52.8. The summed E-state index contributed by atoms with van der Waals surface area (Å²) in [7, 11) is -9.78. The Balaban J connectivity index is 0.00000293. The largest absolute Gasteiger partial charge is 0.397 e. The van der Waals surface area contributed by atoms with E-state index in [1.54, 1.807) is 72.8 Å². The number of benzene rings is 6. The van der Waals surface area contributed by atoms with Crippen LogP contribution in [0.2, 0.25) is 0 Å². The van der Waals surface area contributed by atoms with Crippen LogP contribution in [0.5, 0.6) is 0 Å². The van der Waals surface area contributed by atoms with E-state index in [1.807, 2.05) is 0 Å². The first-order valence-corrected chi connectivity index (χ1v) is 19.9. The normalized spacial score (nSPS) is 12.9. The molecule has 6 aromatic carbocycles. The topological polar surface area (TPSA) is 253 Å². The number of nitrogens with one attached hydrogen (secondary N) is 2. The maximum absolute atomic E-state index is 13.6. The van der Waals surface area contributed by atoms with Crippen molar-refractivity contribution in [2.24, 2.45) is 0 Å². The Hall–Kier alpha value is -4.98. The van der Waals surface area contributed by atoms with Gasteiger partial charge in [-0.15, -0.1) is 0 Å². The Kier molecular flexibility index (Phi) is 12.0. The third-order valence-corrected chi connectivity index (χ3v) is 11.6. The molecule has 0 amide bonds. The van der Waals surface area contributed by atoms with Gasteiger partial charge < -0.3 is 22.1 Å². The molecule has 2 aliphatic rings. The van der Waals surface area contributed by atoms with Gasteiger partial charge in [-0.2, -0.15) is 16.8 Å². The predicted molar refractivity (Wildman–Crippen MR) is 222 cm³/mol. The molecule has 0 unspecified atom stereocenters. The predicted octanol–water partition coefficient (Wildman–Crippen LogP) is 5.21. The number of nitrogen functional groups attached to an aromatic ring is 2. The third kappa shape index (κ3) is 7.80. The standard InChI is InChI=1S/C41H28N4O10S2.2Na/c42-36-30(56(50,51)52)18-28(32-34(36)40(48)26-7-3-1-5-24(26)38(32)46)44-22-13-9-20(10-14-22)17-21-11-15-23(16-12-21)45-29-19-31(57(53,54)55)37(43)35-33(29)39(47)25-6-2-4-8-27(25)41(35)49;;/h1-16,18-19,44-45H,17,42-43H2,(H,50,51,52)(H,53,54,55);;. The number of carbonyl (C=O) groups is 4. The molecule has 2 aliphatic carbocycles. The fourth-order valence-corrected chi connectivity index (χ4v) is 8.46. The van der Waals surface area contributed by atoms with Crippen molar-refractivity contribution in [3.05, 3.63) is 165 Å². The molecule has 0 saturated heterocycles. The summed E-state index contributed by atoms with van der Waals surface area (Å²) in [5.41, 5.74) is 13.0. The number of carbonyl (C=O) groups excluding carboxylic acids is 4. The summed E-state index contributed by atoms with van der Waals surface area (Å²) < 4.78 is 69.0. The SMILES string of the molecule is Nc1c(S(=O)(=O)O)cc(Nc2ccc(Cc3ccc(Nc4cc(S(=O)(=O)O)c(N)c5c4C(=O)c4ccccc4C5=O)cc3)cc2)c2c1C(=O)c1ccccc1C2=O.[Na].[Na]. The second kappa shape index (κ2) is 16.2. The summed E-state index contributed by atoms with van der Waals surface area (Å²) in [5.74, 6) is -2.42. The Morgan fingerprint density at radius 1 is 0.458 bits per heavy atom. The molecule has 0 heterocycles. The van der Waals surface area contributed by atoms with Gasteiger partial charge in [0.25, 0.3) is 20.2 Å². The van der Waals surface area contributed by atoms with Crippen LogP contribution in [0.15, 0.2) is 119 Å². The maximum Gasteiger partial charge on any atom is 0.296 e. The molecular formula is C41H28N4Na2O10S2. The molecule has 0 atom stereocenters. The van der Waals surface area contributed by atoms with Crippen LogP contribution in [0.4, 0.5) is 34.1 Å². The molecule has 0 fully saturated rings. The number of hydrogen-bond donors (Lipinski definition) is 6. The van der Waals surface area contributed by atoms with Crippen LogP contribution in [-0.4, -0.2) is 108 Å². The van der Waals surface area contributed by atoms with Crippen molar-refractivity contribution in [2.75, 3.05) is 22.1 Å². The minimum atomic E-state index is -4.89. The zero-order valence-corrected chi connectivity index (χ0v) is 36.9. The zero-order chi connectivity index (χ0) is 40.6. The van der Waals surface area contributed by atoms with Crippen molar-refractivity contribution in [1.82, 2.24) is 0 Å². The zero-order valence-electron chi connectivity index (χ0n) is 31.2. The second-order valence-corrected chi connectivity index (χ2v) is 16.1. The number of fused-ring (bicyclic) bond motifs is 4. The summed E-state index contributed by atoms with van der Waals surface area (Å²) in [6, 6.07) is 28.0. The maximum atomic E-state index is 13.6. The van der Waals surface area contributed by atoms with Gasteiger partial charge in [-0.25, -0.2) is 0 Å². The van der Waals surface area contributed by atoms with Gasteiger partial charge >= 0.3 is 0 Å². The minimum Gasteiger partial charge on any atom is -0.397 e. The molecule has 59 heavy (non-hydrogen) atoms. The van der Waals surface area contributed by atoms with Gasteiger partial charge in [0.05, 0.1) is 45.0 Å². The summed E-state index contributed by atoms with van der Waals surface area (Å²) in [5, 5.41) is 6.01. The molecule has 6 aromatic rings. The molecule has 2 radical (unpaired) electrons. The van der Waals surface area contributed by atoms with E-state index in [4.69, 9.17) is 11.5 Å². The van der Waals surface area contributed by atoms with E-state index in [1.165, 1.54) is 24.3 Å². The average Bonchev–Trinajstić information content (AvgIpc) is 3.17. The molecule has 14 nitrogen and oxygen atoms in total. The summed E-state index contributed by atoms with van der Waals surface area (Å²) in [6.45, 7) is 0. The van der Waals surface area contributed by atoms with Crippen molar-refractivity contribution in [3.8, 4) is 0 Å². The molecule has 0 saturated carbocycles. The van der Waals surface area contributed by atoms with Crippen molar-refractivity contribution in [1.29, 1.82) is 0 Å². The fraction of sp³-hybridized carbons (Fsp3) is 0.0244. The van der Waals surface area contributed by atoms with Crippen LogP contribution in [0.3, 0.4) is 0 Å². The van der Waals surface area contributed by atoms with Crippen molar-refractivity contribution in [2.45, 2.75) is 16.2 Å². The van der Waals surface area contributed by atoms with E-state index >= 15 is 0 Å². The van der Waals surface area contributed by atoms with Crippen LogP contribution in [-0.2, 0) is 26.7 Å². The third-order valence-electron chi connectivity index (χ3n) is 9.83. The Labute approximate surface area is 381 Å². The van der Waals surface area contributed by atoms with Crippen LogP contribution in [0.1, 0.15) is 74.8 Å². The summed E-state index contributed by atoms with van der Waals surface area (Å²) in [6.07, 6.45) is 0.433. The first-order chi connectivity index (χ1) is 27.0. The van der Waals surface area contributed by atoms with Gasteiger partial charge in [-0.05, 0) is 53.9 Å². The molecule has 0 spiro atoms. The molecule has 18 heteroatoms. The molecule has 286 valence electrons. The molecule has 0 bridgehead atoms. The Morgan fingerprint density at radius 3 is 1.03 bits per heavy atom. The number of ketones is 4. The van der Waals surface area contributed by atoms with E-state index in [0.717, 1.165) is 23.3 Å². The molecule has 0 aliphatic heterocycles. The van der Waals surface area contributed by atoms with E-state index in [0.29, 0.717) is 17.8 Å². The first kappa shape index (κ1) is 43.6. The number of hydrogen-bond acceptors (Lipinski definition) is 12. The van der Waals surface area contributed by atoms with Gasteiger partial charge in [-0.3, -0.25) is 28.3 Å². The molecular weight excluding hydrogens is 819 g/mol. The monoisotopic (exact) mass is 846 g/mol. The van der Waals surface area contributed by atoms with Crippen molar-refractivity contribution < 1.29 is 45.1 Å². The Morgan fingerprint density at radius 2 is 0.746 bits per heavy atom. The quantitative estimate of drug-likeness (QED) is 0.0653. The van der Waals surface area contributed by atoms with E-state index in [-0.39, 0.29) is 115 Å². The van der Waals surface area contributed by atoms with Crippen LogP contribution >= 0.6 is 0 Å². The molecule has 0 aromatic heterocycles. The number of rotatable bonds is 8. The molecule has 8 N–H and O–H groups in total. The van der Waals surface area contributed by atoms with Gasteiger partial charge in [0.1, 0.15) is 9.79 Å². The van der Waals surface area contributed by atoms with Crippen LogP contribution in [0, 0.1) is 0 Å².